The molecule has 1 N–H and O–H groups in total. The van der Waals surface area contributed by atoms with Gasteiger partial charge >= 0.3 is 6.18 Å². The molecule has 0 amide bonds. The summed E-state index contributed by atoms with van der Waals surface area (Å²) in [6.07, 6.45) is -4.36. The van der Waals surface area contributed by atoms with Gasteiger partial charge in [-0.2, -0.15) is 13.2 Å². The lowest BCUT2D eigenvalue weighted by atomic mass is 9.96. The molecule has 0 saturated carbocycles. The normalized spacial score (nSPS) is 13.7. The number of hydrogen-bond acceptors (Lipinski definition) is 2. The Balaban J connectivity index is 1.51. The zero-order valence-electron chi connectivity index (χ0n) is 19.5. The third-order valence-corrected chi connectivity index (χ3v) is 6.49. The summed E-state index contributed by atoms with van der Waals surface area (Å²) in [6.45, 7) is 4.20. The Morgan fingerprint density at radius 1 is 0.714 bits per heavy atom. The summed E-state index contributed by atoms with van der Waals surface area (Å²) >= 11 is 0. The van der Waals surface area contributed by atoms with Crippen LogP contribution < -0.4 is 5.32 Å². The quantitative estimate of drug-likeness (QED) is 0.279. The van der Waals surface area contributed by atoms with Crippen LogP contribution in [0.25, 0.3) is 32.8 Å². The van der Waals surface area contributed by atoms with Crippen molar-refractivity contribution in [3.05, 3.63) is 114 Å². The molecular formula is C30H25F3N2. The van der Waals surface area contributed by atoms with Gasteiger partial charge in [0.15, 0.2) is 0 Å². The number of nitrogens with one attached hydrogen (secondary N) is 1. The Hall–Kier alpha value is -3.70. The first kappa shape index (κ1) is 23.1. The molecule has 0 radical (unpaired) electrons. The fourth-order valence-corrected chi connectivity index (χ4v) is 4.67. The number of halogens is 3. The van der Waals surface area contributed by atoms with E-state index in [0.29, 0.717) is 0 Å². The highest BCUT2D eigenvalue weighted by atomic mass is 19.4. The number of fused-ring (bicyclic) bond motifs is 2. The highest BCUT2D eigenvalue weighted by Gasteiger charge is 2.30. The summed E-state index contributed by atoms with van der Waals surface area (Å²) in [5.74, 6) is 0. The molecule has 0 saturated heterocycles. The second-order valence-corrected chi connectivity index (χ2v) is 8.87. The molecule has 35 heavy (non-hydrogen) atoms. The van der Waals surface area contributed by atoms with Gasteiger partial charge in [-0.15, -0.1) is 0 Å². The molecule has 4 aromatic carbocycles. The average molecular weight is 471 g/mol. The zero-order valence-corrected chi connectivity index (χ0v) is 19.5. The molecular weight excluding hydrogens is 445 g/mol. The Kier molecular flexibility index (Phi) is 6.03. The van der Waals surface area contributed by atoms with Crippen molar-refractivity contribution < 1.29 is 13.2 Å². The molecule has 1 aromatic heterocycles. The van der Waals surface area contributed by atoms with Crippen LogP contribution in [0.15, 0.2) is 97.1 Å². The van der Waals surface area contributed by atoms with Gasteiger partial charge in [-0.1, -0.05) is 72.8 Å². The molecule has 0 aliphatic carbocycles. The van der Waals surface area contributed by atoms with Gasteiger partial charge in [0, 0.05) is 17.5 Å². The molecule has 2 nitrogen and oxygen atoms in total. The van der Waals surface area contributed by atoms with E-state index in [2.05, 4.69) is 49.5 Å². The monoisotopic (exact) mass is 470 g/mol. The van der Waals surface area contributed by atoms with Gasteiger partial charge in [-0.3, -0.25) is 4.98 Å². The van der Waals surface area contributed by atoms with E-state index in [9.17, 15) is 13.2 Å². The molecule has 0 spiro atoms. The van der Waals surface area contributed by atoms with Crippen molar-refractivity contribution in [2.24, 2.45) is 0 Å². The summed E-state index contributed by atoms with van der Waals surface area (Å²) < 4.78 is 39.3. The van der Waals surface area contributed by atoms with Crippen LogP contribution in [-0.4, -0.2) is 4.98 Å². The van der Waals surface area contributed by atoms with Crippen molar-refractivity contribution in [1.82, 2.24) is 10.3 Å². The van der Waals surface area contributed by atoms with Crippen molar-refractivity contribution in [3.8, 4) is 11.1 Å². The van der Waals surface area contributed by atoms with Crippen LogP contribution in [0.1, 0.15) is 42.8 Å². The van der Waals surface area contributed by atoms with Crippen LogP contribution in [0.4, 0.5) is 13.2 Å². The minimum absolute atomic E-state index is 0.0684. The molecule has 176 valence electrons. The number of hydrogen-bond donors (Lipinski definition) is 1. The Bertz CT molecular complexity index is 1480. The van der Waals surface area contributed by atoms with E-state index in [-0.39, 0.29) is 12.1 Å². The van der Waals surface area contributed by atoms with Gasteiger partial charge in [0.25, 0.3) is 0 Å². The van der Waals surface area contributed by atoms with Crippen molar-refractivity contribution in [2.75, 3.05) is 0 Å². The third-order valence-electron chi connectivity index (χ3n) is 6.49. The SMILES string of the molecule is CC(N[C@H](C)c1cccc2ccccc12)c1cc(-c2ccc(C(F)(F)F)cc2)c2ccccc2n1. The van der Waals surface area contributed by atoms with Crippen molar-refractivity contribution in [3.63, 3.8) is 0 Å². The fraction of sp³-hybridized carbons (Fsp3) is 0.167. The van der Waals surface area contributed by atoms with Crippen LogP contribution in [0.5, 0.6) is 0 Å². The molecule has 5 heteroatoms. The Morgan fingerprint density at radius 2 is 1.37 bits per heavy atom. The first-order valence-electron chi connectivity index (χ1n) is 11.6. The maximum atomic E-state index is 13.1. The van der Waals surface area contributed by atoms with E-state index >= 15 is 0 Å². The number of para-hydroxylation sites is 1. The molecule has 5 aromatic rings. The van der Waals surface area contributed by atoms with Gasteiger partial charge in [-0.05, 0) is 65.6 Å². The topological polar surface area (TPSA) is 24.9 Å². The van der Waals surface area contributed by atoms with E-state index in [1.165, 1.54) is 28.5 Å². The minimum atomic E-state index is -4.36. The number of nitrogens with zero attached hydrogens (tertiary/aromatic N) is 1. The van der Waals surface area contributed by atoms with Gasteiger partial charge in [0.2, 0.25) is 0 Å². The lowest BCUT2D eigenvalue weighted by Crippen LogP contribution is -2.23. The van der Waals surface area contributed by atoms with Crippen molar-refractivity contribution in [2.45, 2.75) is 32.1 Å². The van der Waals surface area contributed by atoms with Gasteiger partial charge in [0.1, 0.15) is 0 Å². The maximum absolute atomic E-state index is 13.1. The van der Waals surface area contributed by atoms with Crippen LogP contribution in [0, 0.1) is 0 Å². The van der Waals surface area contributed by atoms with Crippen molar-refractivity contribution in [1.29, 1.82) is 0 Å². The molecule has 0 aliphatic heterocycles. The second-order valence-electron chi connectivity index (χ2n) is 8.87. The average Bonchev–Trinajstić information content (AvgIpc) is 2.87. The third kappa shape index (κ3) is 4.64. The van der Waals surface area contributed by atoms with Crippen molar-refractivity contribution >= 4 is 21.7 Å². The predicted molar refractivity (Wildman–Crippen MR) is 136 cm³/mol. The molecule has 1 unspecified atom stereocenters. The molecule has 0 fully saturated rings. The number of alkyl halides is 3. The first-order chi connectivity index (χ1) is 16.8. The summed E-state index contributed by atoms with van der Waals surface area (Å²) in [6, 6.07) is 29.7. The highest BCUT2D eigenvalue weighted by Crippen LogP contribution is 2.34. The summed E-state index contributed by atoms with van der Waals surface area (Å²) in [4.78, 5) is 4.88. The van der Waals surface area contributed by atoms with E-state index in [1.807, 2.05) is 42.5 Å². The molecule has 1 heterocycles. The Labute approximate surface area is 202 Å². The van der Waals surface area contributed by atoms with E-state index in [1.54, 1.807) is 0 Å². The molecule has 5 rings (SSSR count). The van der Waals surface area contributed by atoms with Crippen LogP contribution in [0.2, 0.25) is 0 Å². The van der Waals surface area contributed by atoms with Crippen LogP contribution >= 0.6 is 0 Å². The van der Waals surface area contributed by atoms with Gasteiger partial charge in [0.05, 0.1) is 16.8 Å². The zero-order chi connectivity index (χ0) is 24.6. The molecule has 2 atom stereocenters. The van der Waals surface area contributed by atoms with E-state index in [4.69, 9.17) is 4.98 Å². The highest BCUT2D eigenvalue weighted by molar-refractivity contribution is 5.94. The largest absolute Gasteiger partial charge is 0.416 e. The Morgan fingerprint density at radius 3 is 2.11 bits per heavy atom. The number of rotatable bonds is 5. The lowest BCUT2D eigenvalue weighted by Gasteiger charge is -2.22. The van der Waals surface area contributed by atoms with Crippen LogP contribution in [0.3, 0.4) is 0 Å². The summed E-state index contributed by atoms with van der Waals surface area (Å²) in [5.41, 5.74) is 3.80. The van der Waals surface area contributed by atoms with Crippen LogP contribution in [-0.2, 0) is 6.18 Å². The summed E-state index contributed by atoms with van der Waals surface area (Å²) in [7, 11) is 0. The molecule has 0 bridgehead atoms. The number of pyridine rings is 1. The molecule has 0 aliphatic rings. The fourth-order valence-electron chi connectivity index (χ4n) is 4.67. The standard InChI is InChI=1S/C30H25F3N2/c1-19(24-12-7-9-21-8-3-4-10-25(21)24)34-20(2)29-18-27(26-11-5-6-13-28(26)35-29)22-14-16-23(17-15-22)30(31,32)33/h3-20,34H,1-2H3/t19-,20?/m1/s1. The minimum Gasteiger partial charge on any atom is -0.302 e. The summed E-state index contributed by atoms with van der Waals surface area (Å²) in [5, 5.41) is 6.98. The lowest BCUT2D eigenvalue weighted by molar-refractivity contribution is -0.137. The maximum Gasteiger partial charge on any atom is 0.416 e. The van der Waals surface area contributed by atoms with E-state index < -0.39 is 11.7 Å². The van der Waals surface area contributed by atoms with Gasteiger partial charge < -0.3 is 5.32 Å². The first-order valence-corrected chi connectivity index (χ1v) is 11.6. The van der Waals surface area contributed by atoms with Gasteiger partial charge in [-0.25, -0.2) is 0 Å². The number of aromatic nitrogens is 1. The smallest absolute Gasteiger partial charge is 0.302 e. The predicted octanol–water partition coefficient (Wildman–Crippen LogP) is 8.49. The second kappa shape index (κ2) is 9.16. The van der Waals surface area contributed by atoms with E-state index in [0.717, 1.165) is 39.9 Å². The number of benzene rings is 4.